The number of nitrogens with zero attached hydrogens (tertiary/aromatic N) is 1. The Hall–Kier alpha value is -1.85. The van der Waals surface area contributed by atoms with E-state index in [4.69, 9.17) is 0 Å². The summed E-state index contributed by atoms with van der Waals surface area (Å²) in [5.41, 5.74) is 0.836. The Balaban J connectivity index is 1.93. The van der Waals surface area contributed by atoms with E-state index in [1.807, 2.05) is 0 Å². The summed E-state index contributed by atoms with van der Waals surface area (Å²) >= 11 is 0. The molecule has 2 amide bonds. The van der Waals surface area contributed by atoms with Gasteiger partial charge in [-0.25, -0.2) is 4.98 Å². The number of rotatable bonds is 5. The molecule has 6 heteroatoms. The topological polar surface area (TPSA) is 86.9 Å². The van der Waals surface area contributed by atoms with Crippen molar-refractivity contribution in [2.75, 3.05) is 0 Å². The van der Waals surface area contributed by atoms with Crippen LogP contribution in [0, 0.1) is 0 Å². The molecule has 1 aromatic heterocycles. The molecular formula is C12H18N4O2. The fourth-order valence-electron chi connectivity index (χ4n) is 2.05. The van der Waals surface area contributed by atoms with Crippen LogP contribution < -0.4 is 10.6 Å². The summed E-state index contributed by atoms with van der Waals surface area (Å²) in [5, 5.41) is 5.54. The monoisotopic (exact) mass is 250 g/mol. The minimum Gasteiger partial charge on any atom is -0.348 e. The van der Waals surface area contributed by atoms with Crippen LogP contribution in [0.2, 0.25) is 0 Å². The predicted octanol–water partition coefficient (Wildman–Crippen LogP) is 0.126. The van der Waals surface area contributed by atoms with Crippen LogP contribution in [-0.2, 0) is 16.0 Å². The predicted molar refractivity (Wildman–Crippen MR) is 65.7 cm³/mol. The Bertz CT molecular complexity index is 416. The molecule has 0 saturated carbocycles. The maximum absolute atomic E-state index is 11.9. The average molecular weight is 250 g/mol. The van der Waals surface area contributed by atoms with Gasteiger partial charge in [-0.1, -0.05) is 19.8 Å². The second-order valence-corrected chi connectivity index (χ2v) is 4.55. The molecule has 3 N–H and O–H groups in total. The number of piperazine rings is 1. The van der Waals surface area contributed by atoms with Gasteiger partial charge < -0.3 is 15.6 Å². The third kappa shape index (κ3) is 2.88. The molecule has 6 nitrogen and oxygen atoms in total. The van der Waals surface area contributed by atoms with E-state index in [1.54, 1.807) is 12.5 Å². The van der Waals surface area contributed by atoms with Crippen LogP contribution in [-0.4, -0.2) is 33.9 Å². The van der Waals surface area contributed by atoms with E-state index >= 15 is 0 Å². The molecule has 1 fully saturated rings. The maximum Gasteiger partial charge on any atom is 0.243 e. The molecule has 2 heterocycles. The van der Waals surface area contributed by atoms with Crippen molar-refractivity contribution in [3.05, 3.63) is 18.2 Å². The summed E-state index contributed by atoms with van der Waals surface area (Å²) in [6.45, 7) is 2.06. The molecule has 0 radical (unpaired) electrons. The summed E-state index contributed by atoms with van der Waals surface area (Å²) in [7, 11) is 0. The molecule has 0 aromatic carbocycles. The standard InChI is InChI=1S/C12H18N4O2/c1-2-3-4-9-11(17)16-10(12(18)15-9)5-8-6-13-7-14-8/h6-7,9-10H,2-5H2,1H3,(H,13,14)(H,15,18)(H,16,17)/t9-,10-/m0/s1. The molecule has 18 heavy (non-hydrogen) atoms. The first-order chi connectivity index (χ1) is 8.70. The number of carbonyl (C=O) groups excluding carboxylic acids is 2. The Morgan fingerprint density at radius 2 is 1.94 bits per heavy atom. The van der Waals surface area contributed by atoms with Crippen LogP contribution >= 0.6 is 0 Å². The van der Waals surface area contributed by atoms with Crippen molar-refractivity contribution < 1.29 is 9.59 Å². The number of aromatic amines is 1. The second-order valence-electron chi connectivity index (χ2n) is 4.55. The van der Waals surface area contributed by atoms with E-state index < -0.39 is 6.04 Å². The highest BCUT2D eigenvalue weighted by Crippen LogP contribution is 2.08. The summed E-state index contributed by atoms with van der Waals surface area (Å²) in [5.74, 6) is -0.210. The van der Waals surface area contributed by atoms with Gasteiger partial charge in [-0.2, -0.15) is 0 Å². The van der Waals surface area contributed by atoms with E-state index in [0.717, 1.165) is 18.5 Å². The van der Waals surface area contributed by atoms with Crippen molar-refractivity contribution in [2.24, 2.45) is 0 Å². The van der Waals surface area contributed by atoms with Crippen LogP contribution in [0.3, 0.4) is 0 Å². The van der Waals surface area contributed by atoms with E-state index in [0.29, 0.717) is 12.8 Å². The minimum absolute atomic E-state index is 0.0902. The molecule has 0 bridgehead atoms. The smallest absolute Gasteiger partial charge is 0.243 e. The molecule has 2 rings (SSSR count). The van der Waals surface area contributed by atoms with Crippen molar-refractivity contribution in [3.8, 4) is 0 Å². The average Bonchev–Trinajstić information content (AvgIpc) is 2.84. The van der Waals surface area contributed by atoms with Gasteiger partial charge in [0.2, 0.25) is 11.8 Å². The number of H-pyrrole nitrogens is 1. The van der Waals surface area contributed by atoms with Crippen LogP contribution in [0.25, 0.3) is 0 Å². The SMILES string of the molecule is CCCC[C@@H]1NC(=O)[C@H](Cc2cnc[nH]2)NC1=O. The Morgan fingerprint density at radius 3 is 2.61 bits per heavy atom. The highest BCUT2D eigenvalue weighted by Gasteiger charge is 2.33. The van der Waals surface area contributed by atoms with Gasteiger partial charge >= 0.3 is 0 Å². The normalized spacial score (nSPS) is 23.6. The number of aromatic nitrogens is 2. The Kier molecular flexibility index (Phi) is 3.96. The molecule has 2 atom stereocenters. The highest BCUT2D eigenvalue weighted by atomic mass is 16.2. The summed E-state index contributed by atoms with van der Waals surface area (Å²) in [6.07, 6.45) is 6.30. The van der Waals surface area contributed by atoms with Crippen molar-refractivity contribution >= 4 is 11.8 Å². The largest absolute Gasteiger partial charge is 0.348 e. The zero-order valence-electron chi connectivity index (χ0n) is 10.4. The molecule has 0 aliphatic carbocycles. The first kappa shape index (κ1) is 12.6. The van der Waals surface area contributed by atoms with E-state index in [9.17, 15) is 9.59 Å². The summed E-state index contributed by atoms with van der Waals surface area (Å²) < 4.78 is 0. The number of unbranched alkanes of at least 4 members (excludes halogenated alkanes) is 1. The lowest BCUT2D eigenvalue weighted by atomic mass is 10.0. The van der Waals surface area contributed by atoms with Crippen LogP contribution in [0.1, 0.15) is 31.9 Å². The number of imidazole rings is 1. The van der Waals surface area contributed by atoms with E-state index in [-0.39, 0.29) is 17.9 Å². The lowest BCUT2D eigenvalue weighted by molar-refractivity contribution is -0.136. The molecule has 0 unspecified atom stereocenters. The lowest BCUT2D eigenvalue weighted by Gasteiger charge is -2.29. The molecular weight excluding hydrogens is 232 g/mol. The van der Waals surface area contributed by atoms with Gasteiger partial charge in [-0.15, -0.1) is 0 Å². The van der Waals surface area contributed by atoms with E-state index in [2.05, 4.69) is 27.5 Å². The second kappa shape index (κ2) is 5.66. The summed E-state index contributed by atoms with van der Waals surface area (Å²) in [4.78, 5) is 30.5. The zero-order chi connectivity index (χ0) is 13.0. The van der Waals surface area contributed by atoms with Gasteiger partial charge in [0.15, 0.2) is 0 Å². The van der Waals surface area contributed by atoms with Gasteiger partial charge in [-0.05, 0) is 6.42 Å². The van der Waals surface area contributed by atoms with Crippen LogP contribution in [0.5, 0.6) is 0 Å². The summed E-state index contributed by atoms with van der Waals surface area (Å²) in [6, 6.07) is -0.883. The van der Waals surface area contributed by atoms with Crippen LogP contribution in [0.4, 0.5) is 0 Å². The molecule has 1 aromatic rings. The van der Waals surface area contributed by atoms with Gasteiger partial charge in [0.1, 0.15) is 12.1 Å². The molecule has 1 aliphatic heterocycles. The molecule has 98 valence electrons. The van der Waals surface area contributed by atoms with Crippen molar-refractivity contribution in [2.45, 2.75) is 44.7 Å². The van der Waals surface area contributed by atoms with E-state index in [1.165, 1.54) is 0 Å². The number of hydrogen-bond donors (Lipinski definition) is 3. The van der Waals surface area contributed by atoms with Crippen molar-refractivity contribution in [3.63, 3.8) is 0 Å². The fraction of sp³-hybridized carbons (Fsp3) is 0.583. The zero-order valence-corrected chi connectivity index (χ0v) is 10.4. The van der Waals surface area contributed by atoms with Gasteiger partial charge in [0.05, 0.1) is 6.33 Å². The van der Waals surface area contributed by atoms with Crippen molar-refractivity contribution in [1.29, 1.82) is 0 Å². The number of nitrogens with one attached hydrogen (secondary N) is 3. The van der Waals surface area contributed by atoms with Gasteiger partial charge in [0.25, 0.3) is 0 Å². The third-order valence-corrected chi connectivity index (χ3v) is 3.09. The number of amides is 2. The Labute approximate surface area is 106 Å². The minimum atomic E-state index is -0.504. The first-order valence-corrected chi connectivity index (χ1v) is 6.28. The van der Waals surface area contributed by atoms with Crippen molar-refractivity contribution in [1.82, 2.24) is 20.6 Å². The van der Waals surface area contributed by atoms with Gasteiger partial charge in [-0.3, -0.25) is 9.59 Å². The number of carbonyl (C=O) groups is 2. The van der Waals surface area contributed by atoms with Crippen LogP contribution in [0.15, 0.2) is 12.5 Å². The van der Waals surface area contributed by atoms with Gasteiger partial charge in [0, 0.05) is 18.3 Å². The fourth-order valence-corrected chi connectivity index (χ4v) is 2.05. The highest BCUT2D eigenvalue weighted by molar-refractivity contribution is 5.97. The first-order valence-electron chi connectivity index (χ1n) is 6.28. The lowest BCUT2D eigenvalue weighted by Crippen LogP contribution is -2.62. The molecule has 0 spiro atoms. The molecule has 1 aliphatic rings. The maximum atomic E-state index is 11.9. The number of hydrogen-bond acceptors (Lipinski definition) is 3. The molecule has 1 saturated heterocycles. The quantitative estimate of drug-likeness (QED) is 0.694. The third-order valence-electron chi connectivity index (χ3n) is 3.09. The Morgan fingerprint density at radius 1 is 1.22 bits per heavy atom.